The summed E-state index contributed by atoms with van der Waals surface area (Å²) in [5.41, 5.74) is 0.483. The van der Waals surface area contributed by atoms with E-state index in [1.165, 1.54) is 28.3 Å². The summed E-state index contributed by atoms with van der Waals surface area (Å²) in [6.45, 7) is 4.54. The van der Waals surface area contributed by atoms with Crippen LogP contribution in [0, 0.1) is 0 Å². The highest BCUT2D eigenvalue weighted by molar-refractivity contribution is 5.31. The highest BCUT2D eigenvalue weighted by Crippen LogP contribution is 1.92. The Labute approximate surface area is 106 Å². The number of nitrogens with one attached hydrogen (secondary N) is 1. The topological polar surface area (TPSA) is 64.2 Å². The lowest BCUT2D eigenvalue weighted by molar-refractivity contribution is 0.529. The van der Waals surface area contributed by atoms with Crippen LogP contribution in [0.5, 0.6) is 0 Å². The zero-order valence-corrected chi connectivity index (χ0v) is 10.7. The molecule has 2 rings (SSSR count). The second kappa shape index (κ2) is 6.30. The average molecular weight is 249 g/mol. The minimum Gasteiger partial charge on any atom is -0.315 e. The largest absolute Gasteiger partial charge is 0.350 e. The predicted molar refractivity (Wildman–Crippen MR) is 69.6 cm³/mol. The van der Waals surface area contributed by atoms with E-state index in [-0.39, 0.29) is 5.69 Å². The fourth-order valence-corrected chi connectivity index (χ4v) is 1.84. The van der Waals surface area contributed by atoms with E-state index >= 15 is 0 Å². The van der Waals surface area contributed by atoms with Gasteiger partial charge < -0.3 is 5.32 Å². The van der Waals surface area contributed by atoms with Gasteiger partial charge >= 0.3 is 5.69 Å². The molecule has 0 saturated carbocycles. The molecule has 0 bridgehead atoms. The standard InChI is InChI=1S/C12H19N5O/c1-2-3-4-5-13-7-9-17-12(18)16-8-6-14-10-11(16)15-17/h6,8,10,13H,2-5,7,9H2,1H3. The summed E-state index contributed by atoms with van der Waals surface area (Å²) in [4.78, 5) is 15.8. The van der Waals surface area contributed by atoms with Gasteiger partial charge in [-0.1, -0.05) is 19.8 Å². The second-order valence-corrected chi connectivity index (χ2v) is 4.27. The van der Waals surface area contributed by atoms with Crippen molar-refractivity contribution >= 4 is 5.65 Å². The fourth-order valence-electron chi connectivity index (χ4n) is 1.84. The molecule has 6 nitrogen and oxygen atoms in total. The number of fused-ring (bicyclic) bond motifs is 1. The molecular weight excluding hydrogens is 230 g/mol. The molecule has 1 N–H and O–H groups in total. The normalized spacial score (nSPS) is 11.2. The maximum Gasteiger partial charge on any atom is 0.350 e. The van der Waals surface area contributed by atoms with Crippen molar-refractivity contribution in [3.8, 4) is 0 Å². The van der Waals surface area contributed by atoms with Crippen molar-refractivity contribution in [3.63, 3.8) is 0 Å². The number of nitrogens with zero attached hydrogens (tertiary/aromatic N) is 4. The van der Waals surface area contributed by atoms with Gasteiger partial charge in [0.05, 0.1) is 12.7 Å². The molecular formula is C12H19N5O. The van der Waals surface area contributed by atoms with Gasteiger partial charge in [0.15, 0.2) is 5.65 Å². The van der Waals surface area contributed by atoms with Crippen LogP contribution in [-0.4, -0.2) is 32.3 Å². The van der Waals surface area contributed by atoms with Crippen molar-refractivity contribution < 1.29 is 0 Å². The van der Waals surface area contributed by atoms with E-state index in [2.05, 4.69) is 22.3 Å². The van der Waals surface area contributed by atoms with Gasteiger partial charge in [-0.3, -0.25) is 4.98 Å². The Morgan fingerprint density at radius 1 is 1.33 bits per heavy atom. The van der Waals surface area contributed by atoms with Crippen LogP contribution in [0.25, 0.3) is 5.65 Å². The molecule has 0 aromatic carbocycles. The lowest BCUT2D eigenvalue weighted by Crippen LogP contribution is -2.28. The summed E-state index contributed by atoms with van der Waals surface area (Å²) in [7, 11) is 0. The molecule has 2 heterocycles. The number of unbranched alkanes of at least 4 members (excludes halogenated alkanes) is 2. The monoisotopic (exact) mass is 249 g/mol. The lowest BCUT2D eigenvalue weighted by Gasteiger charge is -2.02. The van der Waals surface area contributed by atoms with Crippen LogP contribution in [-0.2, 0) is 6.54 Å². The Kier molecular flexibility index (Phi) is 4.46. The quantitative estimate of drug-likeness (QED) is 0.733. The van der Waals surface area contributed by atoms with E-state index in [9.17, 15) is 4.79 Å². The summed E-state index contributed by atoms with van der Waals surface area (Å²) < 4.78 is 2.98. The molecule has 0 aliphatic rings. The summed E-state index contributed by atoms with van der Waals surface area (Å²) in [5.74, 6) is 0. The van der Waals surface area contributed by atoms with Crippen LogP contribution >= 0.6 is 0 Å². The minimum atomic E-state index is -0.109. The first-order chi connectivity index (χ1) is 8.83. The van der Waals surface area contributed by atoms with Gasteiger partial charge in [0, 0.05) is 18.9 Å². The van der Waals surface area contributed by atoms with E-state index in [1.54, 1.807) is 18.6 Å². The number of aromatic nitrogens is 4. The fraction of sp³-hybridized carbons (Fsp3) is 0.583. The molecule has 2 aromatic heterocycles. The molecule has 0 unspecified atom stereocenters. The smallest absolute Gasteiger partial charge is 0.315 e. The molecule has 0 saturated heterocycles. The van der Waals surface area contributed by atoms with Crippen LogP contribution in [0.4, 0.5) is 0 Å². The van der Waals surface area contributed by atoms with Crippen LogP contribution in [0.2, 0.25) is 0 Å². The first-order valence-corrected chi connectivity index (χ1v) is 6.43. The number of hydrogen-bond donors (Lipinski definition) is 1. The van der Waals surface area contributed by atoms with Gasteiger partial charge in [-0.2, -0.15) is 0 Å². The average Bonchev–Trinajstić information content (AvgIpc) is 2.71. The van der Waals surface area contributed by atoms with Crippen LogP contribution < -0.4 is 11.0 Å². The molecule has 6 heteroatoms. The Bertz CT molecular complexity index is 545. The molecule has 18 heavy (non-hydrogen) atoms. The van der Waals surface area contributed by atoms with E-state index in [1.807, 2.05) is 0 Å². The Hall–Kier alpha value is -1.69. The molecule has 98 valence electrons. The van der Waals surface area contributed by atoms with Crippen molar-refractivity contribution in [2.75, 3.05) is 13.1 Å². The first-order valence-electron chi connectivity index (χ1n) is 6.43. The summed E-state index contributed by atoms with van der Waals surface area (Å²) in [6.07, 6.45) is 8.46. The van der Waals surface area contributed by atoms with E-state index in [0.717, 1.165) is 13.1 Å². The summed E-state index contributed by atoms with van der Waals surface area (Å²) >= 11 is 0. The SMILES string of the molecule is CCCCCNCCn1nc2cnccn2c1=O. The Morgan fingerprint density at radius 2 is 2.22 bits per heavy atom. The van der Waals surface area contributed by atoms with Crippen LogP contribution in [0.15, 0.2) is 23.4 Å². The van der Waals surface area contributed by atoms with E-state index < -0.39 is 0 Å². The van der Waals surface area contributed by atoms with Crippen LogP contribution in [0.1, 0.15) is 26.2 Å². The predicted octanol–water partition coefficient (Wildman–Crippen LogP) is 0.671. The highest BCUT2D eigenvalue weighted by atomic mass is 16.2. The van der Waals surface area contributed by atoms with Crippen molar-refractivity contribution in [3.05, 3.63) is 29.1 Å². The second-order valence-electron chi connectivity index (χ2n) is 4.27. The lowest BCUT2D eigenvalue weighted by atomic mass is 10.2. The van der Waals surface area contributed by atoms with Crippen molar-refractivity contribution in [1.29, 1.82) is 0 Å². The molecule has 0 radical (unpaired) electrons. The summed E-state index contributed by atoms with van der Waals surface area (Å²) in [6, 6.07) is 0. The maximum absolute atomic E-state index is 11.9. The van der Waals surface area contributed by atoms with Gasteiger partial charge in [0.1, 0.15) is 0 Å². The third-order valence-corrected chi connectivity index (χ3v) is 2.85. The maximum atomic E-state index is 11.9. The molecule has 0 aliphatic heterocycles. The van der Waals surface area contributed by atoms with Crippen molar-refractivity contribution in [1.82, 2.24) is 24.5 Å². The van der Waals surface area contributed by atoms with Gasteiger partial charge in [0.2, 0.25) is 0 Å². The van der Waals surface area contributed by atoms with Gasteiger partial charge in [0.25, 0.3) is 0 Å². The number of hydrogen-bond acceptors (Lipinski definition) is 4. The molecule has 0 amide bonds. The molecule has 0 spiro atoms. The molecule has 2 aromatic rings. The third-order valence-electron chi connectivity index (χ3n) is 2.85. The minimum absolute atomic E-state index is 0.109. The van der Waals surface area contributed by atoms with E-state index in [4.69, 9.17) is 0 Å². The molecule has 0 atom stereocenters. The van der Waals surface area contributed by atoms with Crippen LogP contribution in [0.3, 0.4) is 0 Å². The van der Waals surface area contributed by atoms with Crippen molar-refractivity contribution in [2.45, 2.75) is 32.7 Å². The van der Waals surface area contributed by atoms with E-state index in [0.29, 0.717) is 12.2 Å². The first kappa shape index (κ1) is 12.8. The molecule has 0 aliphatic carbocycles. The van der Waals surface area contributed by atoms with Gasteiger partial charge in [-0.15, -0.1) is 5.10 Å². The Morgan fingerprint density at radius 3 is 3.00 bits per heavy atom. The molecule has 0 fully saturated rings. The van der Waals surface area contributed by atoms with Crippen molar-refractivity contribution in [2.24, 2.45) is 0 Å². The number of rotatable bonds is 7. The summed E-state index contributed by atoms with van der Waals surface area (Å²) in [5, 5.41) is 7.53. The Balaban J connectivity index is 1.88. The zero-order valence-electron chi connectivity index (χ0n) is 10.7. The zero-order chi connectivity index (χ0) is 12.8. The van der Waals surface area contributed by atoms with Gasteiger partial charge in [-0.05, 0) is 13.0 Å². The highest BCUT2D eigenvalue weighted by Gasteiger charge is 2.04. The third kappa shape index (κ3) is 2.95. The van der Waals surface area contributed by atoms with Gasteiger partial charge in [-0.25, -0.2) is 13.9 Å².